The lowest BCUT2D eigenvalue weighted by Crippen LogP contribution is -2.13. The molecule has 0 radical (unpaired) electrons. The van der Waals surface area contributed by atoms with E-state index in [4.69, 9.17) is 0 Å². The lowest BCUT2D eigenvalue weighted by Gasteiger charge is -2.01. The summed E-state index contributed by atoms with van der Waals surface area (Å²) in [6.45, 7) is 3.88. The minimum Gasteiger partial charge on any atom is -0.298 e. The summed E-state index contributed by atoms with van der Waals surface area (Å²) in [6.07, 6.45) is 6.03. The average Bonchev–Trinajstić information content (AvgIpc) is 3.17. The maximum absolute atomic E-state index is 12.7. The van der Waals surface area contributed by atoms with Gasteiger partial charge in [0.25, 0.3) is 5.91 Å². The summed E-state index contributed by atoms with van der Waals surface area (Å²) in [4.78, 5) is 22.4. The Bertz CT molecular complexity index is 1100. The molecule has 1 N–H and O–H groups in total. The van der Waals surface area contributed by atoms with Crippen molar-refractivity contribution in [3.8, 4) is 0 Å². The van der Waals surface area contributed by atoms with Crippen molar-refractivity contribution in [1.82, 2.24) is 19.6 Å². The summed E-state index contributed by atoms with van der Waals surface area (Å²) in [5.74, 6) is -0.243. The first-order valence-corrected chi connectivity index (χ1v) is 9.03. The quantitative estimate of drug-likeness (QED) is 0.601. The van der Waals surface area contributed by atoms with Crippen molar-refractivity contribution in [3.05, 3.63) is 76.2 Å². The highest BCUT2D eigenvalue weighted by Crippen LogP contribution is 2.23. The smallest absolute Gasteiger partial charge is 0.263 e. The highest BCUT2D eigenvalue weighted by molar-refractivity contribution is 7.15. The largest absolute Gasteiger partial charge is 0.298 e. The van der Waals surface area contributed by atoms with Gasteiger partial charge in [-0.1, -0.05) is 29.8 Å². The first kappa shape index (κ1) is 16.4. The van der Waals surface area contributed by atoms with Crippen molar-refractivity contribution >= 4 is 28.0 Å². The number of amides is 1. The molecule has 4 aromatic rings. The molecular formula is C19H17N5OS. The molecule has 0 unspecified atom stereocenters. The highest BCUT2D eigenvalue weighted by atomic mass is 32.1. The molecular weight excluding hydrogens is 346 g/mol. The molecule has 0 aliphatic rings. The van der Waals surface area contributed by atoms with Gasteiger partial charge in [0.05, 0.1) is 5.69 Å². The van der Waals surface area contributed by atoms with Crippen molar-refractivity contribution in [2.75, 3.05) is 5.32 Å². The number of thiazole rings is 1. The first-order chi connectivity index (χ1) is 12.6. The number of rotatable bonds is 4. The van der Waals surface area contributed by atoms with Crippen molar-refractivity contribution in [1.29, 1.82) is 0 Å². The van der Waals surface area contributed by atoms with Gasteiger partial charge in [-0.25, -0.2) is 14.5 Å². The summed E-state index contributed by atoms with van der Waals surface area (Å²) in [6, 6.07) is 10.2. The second-order valence-corrected chi connectivity index (χ2v) is 7.22. The van der Waals surface area contributed by atoms with Gasteiger partial charge in [0, 0.05) is 29.9 Å². The maximum atomic E-state index is 12.7. The summed E-state index contributed by atoms with van der Waals surface area (Å²) in [5.41, 5.74) is 4.11. The summed E-state index contributed by atoms with van der Waals surface area (Å²) >= 11 is 1.48. The van der Waals surface area contributed by atoms with E-state index < -0.39 is 0 Å². The number of nitrogens with one attached hydrogen (secondary N) is 1. The third-order valence-corrected chi connectivity index (χ3v) is 4.94. The van der Waals surface area contributed by atoms with Crippen LogP contribution in [-0.2, 0) is 6.42 Å². The number of benzene rings is 1. The molecule has 3 aromatic heterocycles. The molecule has 0 bridgehead atoms. The Morgan fingerprint density at radius 3 is 2.96 bits per heavy atom. The van der Waals surface area contributed by atoms with E-state index in [2.05, 4.69) is 51.6 Å². The van der Waals surface area contributed by atoms with E-state index >= 15 is 0 Å². The van der Waals surface area contributed by atoms with Crippen molar-refractivity contribution in [3.63, 3.8) is 0 Å². The number of hydrogen-bond acceptors (Lipinski definition) is 5. The van der Waals surface area contributed by atoms with Gasteiger partial charge in [0.1, 0.15) is 5.56 Å². The Labute approximate surface area is 154 Å². The van der Waals surface area contributed by atoms with E-state index in [9.17, 15) is 4.79 Å². The predicted octanol–water partition coefficient (Wildman–Crippen LogP) is 3.65. The average molecular weight is 363 g/mol. The van der Waals surface area contributed by atoms with Crippen LogP contribution in [0.1, 0.15) is 32.1 Å². The third kappa shape index (κ3) is 3.21. The zero-order valence-corrected chi connectivity index (χ0v) is 15.2. The van der Waals surface area contributed by atoms with E-state index in [0.29, 0.717) is 22.0 Å². The molecule has 7 heteroatoms. The maximum Gasteiger partial charge on any atom is 0.263 e. The SMILES string of the molecule is Cc1cccc(Cc2cnc(NC(=O)c3c(C)nn4cccnc34)s2)c1. The molecule has 130 valence electrons. The van der Waals surface area contributed by atoms with Gasteiger partial charge >= 0.3 is 0 Å². The molecule has 0 spiro atoms. The van der Waals surface area contributed by atoms with Gasteiger partial charge in [-0.05, 0) is 25.5 Å². The molecule has 1 aromatic carbocycles. The van der Waals surface area contributed by atoms with Crippen molar-refractivity contribution < 1.29 is 4.79 Å². The molecule has 4 rings (SSSR count). The van der Waals surface area contributed by atoms with Crippen LogP contribution in [0.4, 0.5) is 5.13 Å². The second-order valence-electron chi connectivity index (χ2n) is 6.10. The molecule has 0 atom stereocenters. The Balaban J connectivity index is 1.53. The number of nitrogens with zero attached hydrogens (tertiary/aromatic N) is 4. The Morgan fingerprint density at radius 2 is 2.12 bits per heavy atom. The fourth-order valence-electron chi connectivity index (χ4n) is 2.89. The van der Waals surface area contributed by atoms with Crippen LogP contribution in [-0.4, -0.2) is 25.5 Å². The molecule has 26 heavy (non-hydrogen) atoms. The van der Waals surface area contributed by atoms with Gasteiger partial charge in [0.2, 0.25) is 0 Å². The predicted molar refractivity (Wildman–Crippen MR) is 102 cm³/mol. The van der Waals surface area contributed by atoms with Gasteiger partial charge in [-0.2, -0.15) is 5.10 Å². The normalized spacial score (nSPS) is 11.0. The van der Waals surface area contributed by atoms with Crippen LogP contribution < -0.4 is 5.32 Å². The van der Waals surface area contributed by atoms with Crippen molar-refractivity contribution in [2.45, 2.75) is 20.3 Å². The summed E-state index contributed by atoms with van der Waals surface area (Å²) in [5, 5.41) is 7.77. The number of aromatic nitrogens is 4. The fraction of sp³-hybridized carbons (Fsp3) is 0.158. The second kappa shape index (κ2) is 6.68. The molecule has 0 saturated carbocycles. The fourth-order valence-corrected chi connectivity index (χ4v) is 3.73. The van der Waals surface area contributed by atoms with E-state index in [0.717, 1.165) is 11.3 Å². The number of carbonyl (C=O) groups excluding carboxylic acids is 1. The topological polar surface area (TPSA) is 72.2 Å². The number of fused-ring (bicyclic) bond motifs is 1. The number of anilines is 1. The van der Waals surface area contributed by atoms with Crippen LogP contribution >= 0.6 is 11.3 Å². The Kier molecular flexibility index (Phi) is 4.22. The molecule has 0 fully saturated rings. The lowest BCUT2D eigenvalue weighted by molar-refractivity contribution is 0.102. The minimum atomic E-state index is -0.243. The van der Waals surface area contributed by atoms with E-state index in [1.807, 2.05) is 6.20 Å². The van der Waals surface area contributed by atoms with Crippen LogP contribution in [0.2, 0.25) is 0 Å². The summed E-state index contributed by atoms with van der Waals surface area (Å²) < 4.78 is 1.61. The van der Waals surface area contributed by atoms with E-state index in [1.165, 1.54) is 22.5 Å². The number of hydrogen-bond donors (Lipinski definition) is 1. The van der Waals surface area contributed by atoms with Gasteiger partial charge < -0.3 is 0 Å². The number of aryl methyl sites for hydroxylation is 2. The zero-order chi connectivity index (χ0) is 18.1. The molecule has 0 aliphatic carbocycles. The molecule has 6 nitrogen and oxygen atoms in total. The van der Waals surface area contributed by atoms with E-state index in [1.54, 1.807) is 29.9 Å². The zero-order valence-electron chi connectivity index (χ0n) is 14.4. The molecule has 0 aliphatic heterocycles. The van der Waals surface area contributed by atoms with Gasteiger partial charge in [-0.3, -0.25) is 10.1 Å². The van der Waals surface area contributed by atoms with Crippen LogP contribution in [0.5, 0.6) is 0 Å². The highest BCUT2D eigenvalue weighted by Gasteiger charge is 2.19. The monoisotopic (exact) mass is 363 g/mol. The van der Waals surface area contributed by atoms with Crippen LogP contribution in [0.15, 0.2) is 48.9 Å². The number of carbonyl (C=O) groups is 1. The summed E-state index contributed by atoms with van der Waals surface area (Å²) in [7, 11) is 0. The van der Waals surface area contributed by atoms with E-state index in [-0.39, 0.29) is 5.91 Å². The van der Waals surface area contributed by atoms with Crippen LogP contribution in [0.25, 0.3) is 5.65 Å². The molecule has 3 heterocycles. The first-order valence-electron chi connectivity index (χ1n) is 8.22. The lowest BCUT2D eigenvalue weighted by atomic mass is 10.1. The van der Waals surface area contributed by atoms with Crippen LogP contribution in [0, 0.1) is 13.8 Å². The van der Waals surface area contributed by atoms with Crippen molar-refractivity contribution in [2.24, 2.45) is 0 Å². The Morgan fingerprint density at radius 1 is 1.23 bits per heavy atom. The van der Waals surface area contributed by atoms with Crippen LogP contribution in [0.3, 0.4) is 0 Å². The standard InChI is InChI=1S/C19H17N5OS/c1-12-5-3-6-14(9-12)10-15-11-21-19(26-15)22-18(25)16-13(2)23-24-8-4-7-20-17(16)24/h3-9,11H,10H2,1-2H3,(H,21,22,25). The van der Waals surface area contributed by atoms with Gasteiger partial charge in [-0.15, -0.1) is 11.3 Å². The third-order valence-electron chi connectivity index (χ3n) is 4.03. The molecule has 1 amide bonds. The Hall–Kier alpha value is -3.06. The molecule has 0 saturated heterocycles. The van der Waals surface area contributed by atoms with Gasteiger partial charge in [0.15, 0.2) is 10.8 Å². The minimum absolute atomic E-state index is 0.243.